The summed E-state index contributed by atoms with van der Waals surface area (Å²) < 4.78 is 25.0. The highest BCUT2D eigenvalue weighted by molar-refractivity contribution is 7.89. The first-order valence-electron chi connectivity index (χ1n) is 4.52. The Morgan fingerprint density at radius 3 is 2.73 bits per heavy atom. The van der Waals surface area contributed by atoms with E-state index in [2.05, 4.69) is 4.98 Å². The molecule has 0 aromatic carbocycles. The largest absolute Gasteiger partial charge is 0.298 e. The molecule has 0 saturated carbocycles. The fourth-order valence-corrected chi connectivity index (χ4v) is 2.85. The van der Waals surface area contributed by atoms with Crippen LogP contribution in [-0.2, 0) is 14.8 Å². The Hall–Kier alpha value is -1.27. The summed E-state index contributed by atoms with van der Waals surface area (Å²) in [4.78, 5) is 14.9. The Labute approximate surface area is 87.8 Å². The Kier molecular flexibility index (Phi) is 2.54. The Morgan fingerprint density at radius 2 is 2.20 bits per heavy atom. The third kappa shape index (κ3) is 1.91. The van der Waals surface area contributed by atoms with E-state index in [1.54, 1.807) is 6.07 Å². The molecule has 0 radical (unpaired) electrons. The molecular weight excluding hydrogens is 216 g/mol. The second-order valence-electron chi connectivity index (χ2n) is 3.32. The van der Waals surface area contributed by atoms with Gasteiger partial charge in [0, 0.05) is 25.4 Å². The summed E-state index contributed by atoms with van der Waals surface area (Å²) in [6.07, 6.45) is 3.10. The van der Waals surface area contributed by atoms with Gasteiger partial charge in [-0.1, -0.05) is 0 Å². The number of hydrogen-bond acceptors (Lipinski definition) is 4. The van der Waals surface area contributed by atoms with E-state index in [-0.39, 0.29) is 23.8 Å². The van der Waals surface area contributed by atoms with Crippen LogP contribution in [0.2, 0.25) is 0 Å². The van der Waals surface area contributed by atoms with Crippen molar-refractivity contribution >= 4 is 15.8 Å². The number of pyridine rings is 1. The van der Waals surface area contributed by atoms with Crippen LogP contribution in [0.5, 0.6) is 0 Å². The number of nitrogens with zero attached hydrogens (tertiary/aromatic N) is 2. The van der Waals surface area contributed by atoms with Crippen molar-refractivity contribution in [3.8, 4) is 0 Å². The number of Topliss-reactive ketones (excluding diaryl/α,β-unsaturated/α-hetero) is 1. The monoisotopic (exact) mass is 226 g/mol. The predicted octanol–water partition coefficient (Wildman–Crippen LogP) is 0.0451. The predicted molar refractivity (Wildman–Crippen MR) is 52.6 cm³/mol. The first kappa shape index (κ1) is 10.3. The first-order valence-corrected chi connectivity index (χ1v) is 5.96. The fraction of sp³-hybridized carbons (Fsp3) is 0.333. The maximum absolute atomic E-state index is 11.9. The summed E-state index contributed by atoms with van der Waals surface area (Å²) in [7, 11) is -3.52. The van der Waals surface area contributed by atoms with Crippen LogP contribution in [0.15, 0.2) is 29.4 Å². The van der Waals surface area contributed by atoms with Crippen molar-refractivity contribution in [3.05, 3.63) is 24.5 Å². The highest BCUT2D eigenvalue weighted by atomic mass is 32.2. The van der Waals surface area contributed by atoms with E-state index < -0.39 is 10.0 Å². The van der Waals surface area contributed by atoms with Crippen LogP contribution in [0.25, 0.3) is 0 Å². The maximum atomic E-state index is 11.9. The molecule has 0 aliphatic carbocycles. The van der Waals surface area contributed by atoms with Gasteiger partial charge in [-0.05, 0) is 12.1 Å². The summed E-state index contributed by atoms with van der Waals surface area (Å²) in [5.74, 6) is -0.0394. The Bertz CT molecular complexity index is 469. The molecule has 0 bridgehead atoms. The lowest BCUT2D eigenvalue weighted by Crippen LogP contribution is -2.28. The highest BCUT2D eigenvalue weighted by Gasteiger charge is 2.31. The molecule has 1 aliphatic rings. The van der Waals surface area contributed by atoms with Gasteiger partial charge in [0.1, 0.15) is 10.7 Å². The van der Waals surface area contributed by atoms with Crippen molar-refractivity contribution in [2.45, 2.75) is 11.3 Å². The summed E-state index contributed by atoms with van der Waals surface area (Å²) in [5, 5.41) is 0. The second kappa shape index (κ2) is 3.71. The summed E-state index contributed by atoms with van der Waals surface area (Å²) in [6, 6.07) is 3.04. The molecule has 0 amide bonds. The number of carbonyl (C=O) groups excluding carboxylic acids is 1. The lowest BCUT2D eigenvalue weighted by atomic mass is 10.4. The highest BCUT2D eigenvalue weighted by Crippen LogP contribution is 2.17. The molecule has 2 rings (SSSR count). The summed E-state index contributed by atoms with van der Waals surface area (Å²) in [5.41, 5.74) is 0. The van der Waals surface area contributed by atoms with E-state index in [1.165, 1.54) is 22.8 Å². The SMILES string of the molecule is O=C1CCN(S(=O)(=O)c2cccnc2)C1. The lowest BCUT2D eigenvalue weighted by Gasteiger charge is -2.13. The minimum absolute atomic E-state index is 0.0166. The molecule has 0 N–H and O–H groups in total. The van der Waals surface area contributed by atoms with Crippen molar-refractivity contribution in [1.29, 1.82) is 0 Å². The molecule has 1 saturated heterocycles. The van der Waals surface area contributed by atoms with Crippen LogP contribution in [0.4, 0.5) is 0 Å². The second-order valence-corrected chi connectivity index (χ2v) is 5.25. The molecule has 6 heteroatoms. The van der Waals surface area contributed by atoms with Gasteiger partial charge in [-0.25, -0.2) is 8.42 Å². The summed E-state index contributed by atoms with van der Waals surface area (Å²) in [6.45, 7) is 0.257. The van der Waals surface area contributed by atoms with E-state index in [0.717, 1.165) is 0 Å². The number of rotatable bonds is 2. The number of aromatic nitrogens is 1. The fourth-order valence-electron chi connectivity index (χ4n) is 1.46. The minimum Gasteiger partial charge on any atom is -0.298 e. The molecule has 0 atom stereocenters. The van der Waals surface area contributed by atoms with Gasteiger partial charge in [-0.2, -0.15) is 4.31 Å². The Balaban J connectivity index is 2.32. The van der Waals surface area contributed by atoms with Gasteiger partial charge in [-0.15, -0.1) is 0 Å². The van der Waals surface area contributed by atoms with Gasteiger partial charge in [0.05, 0.1) is 6.54 Å². The molecular formula is C9H10N2O3S. The molecule has 1 aromatic heterocycles. The number of ketones is 1. The molecule has 0 unspecified atom stereocenters. The van der Waals surface area contributed by atoms with Crippen molar-refractivity contribution < 1.29 is 13.2 Å². The first-order chi connectivity index (χ1) is 7.10. The standard InChI is InChI=1S/C9H10N2O3S/c12-8-3-5-11(7-8)15(13,14)9-2-1-4-10-6-9/h1-2,4,6H,3,5,7H2. The normalized spacial score (nSPS) is 18.3. The third-order valence-electron chi connectivity index (χ3n) is 2.26. The van der Waals surface area contributed by atoms with Gasteiger partial charge in [0.2, 0.25) is 10.0 Å². The topological polar surface area (TPSA) is 67.3 Å². The Morgan fingerprint density at radius 1 is 1.40 bits per heavy atom. The zero-order valence-corrected chi connectivity index (χ0v) is 8.77. The van der Waals surface area contributed by atoms with Crippen LogP contribution in [0.3, 0.4) is 0 Å². The van der Waals surface area contributed by atoms with Gasteiger partial charge in [0.15, 0.2) is 0 Å². The molecule has 1 aliphatic heterocycles. The van der Waals surface area contributed by atoms with Crippen LogP contribution in [-0.4, -0.2) is 36.6 Å². The van der Waals surface area contributed by atoms with Crippen LogP contribution < -0.4 is 0 Å². The number of carbonyl (C=O) groups is 1. The van der Waals surface area contributed by atoms with Gasteiger partial charge < -0.3 is 0 Å². The number of sulfonamides is 1. The van der Waals surface area contributed by atoms with Crippen molar-refractivity contribution in [2.75, 3.05) is 13.1 Å². The smallest absolute Gasteiger partial charge is 0.245 e. The third-order valence-corrected chi connectivity index (χ3v) is 4.09. The van der Waals surface area contributed by atoms with E-state index >= 15 is 0 Å². The number of hydrogen-bond donors (Lipinski definition) is 0. The summed E-state index contributed by atoms with van der Waals surface area (Å²) >= 11 is 0. The molecule has 0 spiro atoms. The van der Waals surface area contributed by atoms with Crippen molar-refractivity contribution in [1.82, 2.24) is 9.29 Å². The molecule has 1 aromatic rings. The van der Waals surface area contributed by atoms with Crippen LogP contribution >= 0.6 is 0 Å². The van der Waals surface area contributed by atoms with Gasteiger partial charge >= 0.3 is 0 Å². The molecule has 5 nitrogen and oxygen atoms in total. The van der Waals surface area contributed by atoms with E-state index in [4.69, 9.17) is 0 Å². The van der Waals surface area contributed by atoms with Gasteiger partial charge in [-0.3, -0.25) is 9.78 Å². The lowest BCUT2D eigenvalue weighted by molar-refractivity contribution is -0.116. The maximum Gasteiger partial charge on any atom is 0.245 e. The van der Waals surface area contributed by atoms with E-state index in [1.807, 2.05) is 0 Å². The molecule has 80 valence electrons. The van der Waals surface area contributed by atoms with Gasteiger partial charge in [0.25, 0.3) is 0 Å². The van der Waals surface area contributed by atoms with Crippen molar-refractivity contribution in [3.63, 3.8) is 0 Å². The van der Waals surface area contributed by atoms with Crippen LogP contribution in [0, 0.1) is 0 Å². The zero-order valence-electron chi connectivity index (χ0n) is 7.96. The molecule has 2 heterocycles. The molecule has 1 fully saturated rings. The zero-order chi connectivity index (χ0) is 10.9. The quantitative estimate of drug-likeness (QED) is 0.714. The van der Waals surface area contributed by atoms with E-state index in [9.17, 15) is 13.2 Å². The molecule has 15 heavy (non-hydrogen) atoms. The van der Waals surface area contributed by atoms with Crippen LogP contribution in [0.1, 0.15) is 6.42 Å². The van der Waals surface area contributed by atoms with Crippen molar-refractivity contribution in [2.24, 2.45) is 0 Å². The van der Waals surface area contributed by atoms with E-state index in [0.29, 0.717) is 6.42 Å². The average Bonchev–Trinajstić information content (AvgIpc) is 2.67. The average molecular weight is 226 g/mol. The minimum atomic E-state index is -3.52.